The summed E-state index contributed by atoms with van der Waals surface area (Å²) in [5.74, 6) is 0. The molecular weight excluding hydrogens is 643 g/mol. The summed E-state index contributed by atoms with van der Waals surface area (Å²) < 4.78 is 1.46. The molecule has 0 heterocycles. The standard InChI is InChI=1S/C23H21.C9H13.C8H8.2ClH.Zr/c1-22(2)7-5-14-10-18-16(12-20(14)22)9-17-13-21-15(11-19(17)18)6-8-23(21,3)4;1-9(2,3)8-6-4-5-7-8;1-2-8-6-4-3-5-7-8;;;/h5-7,10-13H,9H2,1-4H3;4-7H,1-3H3;3-7H,1H3;2*1H;/q2*-1;;;;+2/p-2. The van der Waals surface area contributed by atoms with Crippen molar-refractivity contribution in [1.29, 1.82) is 0 Å². The molecule has 4 aromatic rings. The summed E-state index contributed by atoms with van der Waals surface area (Å²) in [6.07, 6.45) is 11.4. The monoisotopic (exact) mass is 682 g/mol. The zero-order valence-corrected chi connectivity index (χ0v) is 30.7. The molecule has 0 saturated heterocycles. The average Bonchev–Trinajstić information content (AvgIpc) is 3.70. The molecule has 0 radical (unpaired) electrons. The van der Waals surface area contributed by atoms with E-state index in [0.29, 0.717) is 5.41 Å². The van der Waals surface area contributed by atoms with Crippen LogP contribution in [0.2, 0.25) is 0 Å². The molecule has 0 amide bonds. The van der Waals surface area contributed by atoms with Gasteiger partial charge in [-0.15, -0.1) is 11.6 Å². The topological polar surface area (TPSA) is 0 Å². The predicted octanol–water partition coefficient (Wildman–Crippen LogP) is 4.15. The van der Waals surface area contributed by atoms with Crippen molar-refractivity contribution >= 4 is 15.4 Å². The Morgan fingerprint density at radius 3 is 1.95 bits per heavy atom. The molecular formula is C40H42Cl2Zr-2. The third-order valence-corrected chi connectivity index (χ3v) is 9.30. The normalized spacial score (nSPS) is 15.3. The quantitative estimate of drug-likeness (QED) is 0.233. The number of hydrogen-bond acceptors (Lipinski definition) is 0. The predicted molar refractivity (Wildman–Crippen MR) is 174 cm³/mol. The van der Waals surface area contributed by atoms with Gasteiger partial charge in [0.25, 0.3) is 0 Å². The van der Waals surface area contributed by atoms with Crippen LogP contribution in [-0.4, -0.2) is 3.21 Å². The van der Waals surface area contributed by atoms with Crippen LogP contribution in [0, 0.1) is 6.08 Å². The Balaban J connectivity index is 0.000000211. The van der Waals surface area contributed by atoms with Crippen LogP contribution < -0.4 is 24.8 Å². The Hall–Kier alpha value is -2.18. The molecule has 0 aromatic heterocycles. The van der Waals surface area contributed by atoms with Crippen LogP contribution in [-0.2, 0) is 46.9 Å². The van der Waals surface area contributed by atoms with Gasteiger partial charge in [0.05, 0.1) is 0 Å². The van der Waals surface area contributed by atoms with Gasteiger partial charge in [0.15, 0.2) is 0 Å². The molecule has 0 saturated carbocycles. The van der Waals surface area contributed by atoms with E-state index >= 15 is 0 Å². The van der Waals surface area contributed by atoms with E-state index in [9.17, 15) is 0 Å². The fraction of sp³-hybridized carbons (Fsp3) is 0.300. The summed E-state index contributed by atoms with van der Waals surface area (Å²) in [6.45, 7) is 18.0. The molecule has 3 aliphatic carbocycles. The van der Waals surface area contributed by atoms with Gasteiger partial charge in [0.1, 0.15) is 0 Å². The maximum Gasteiger partial charge on any atom is -1.00 e. The fourth-order valence-electron chi connectivity index (χ4n) is 5.96. The van der Waals surface area contributed by atoms with E-state index in [1.807, 2.05) is 6.07 Å². The van der Waals surface area contributed by atoms with Gasteiger partial charge in [-0.3, -0.25) is 6.08 Å². The minimum absolute atomic E-state index is 0. The number of rotatable bonds is 1. The summed E-state index contributed by atoms with van der Waals surface area (Å²) >= 11 is 1.51. The second kappa shape index (κ2) is 13.4. The van der Waals surface area contributed by atoms with Gasteiger partial charge in [-0.05, 0) is 45.9 Å². The third-order valence-electron chi connectivity index (χ3n) is 8.59. The largest absolute Gasteiger partial charge is 1.00 e. The molecule has 7 rings (SSSR count). The van der Waals surface area contributed by atoms with E-state index in [1.165, 1.54) is 83.1 Å². The van der Waals surface area contributed by atoms with E-state index in [1.54, 1.807) is 0 Å². The molecule has 0 aliphatic heterocycles. The molecule has 0 atom stereocenters. The van der Waals surface area contributed by atoms with Crippen molar-refractivity contribution in [2.75, 3.05) is 0 Å². The number of allylic oxidation sites excluding steroid dienone is 2. The minimum Gasteiger partial charge on any atom is -1.00 e. The Morgan fingerprint density at radius 2 is 1.44 bits per heavy atom. The molecule has 222 valence electrons. The molecule has 0 unspecified atom stereocenters. The first kappa shape index (κ1) is 35.3. The maximum absolute atomic E-state index is 3.50. The van der Waals surface area contributed by atoms with Gasteiger partial charge in [0, 0.05) is 5.41 Å². The van der Waals surface area contributed by atoms with Crippen LogP contribution in [0.25, 0.3) is 23.3 Å². The molecule has 4 aromatic carbocycles. The van der Waals surface area contributed by atoms with Crippen molar-refractivity contribution in [2.45, 2.75) is 78.1 Å². The first-order valence-corrected chi connectivity index (χ1v) is 16.0. The van der Waals surface area contributed by atoms with Gasteiger partial charge in [-0.25, -0.2) is 12.1 Å². The molecule has 0 nitrogen and oxygen atoms in total. The van der Waals surface area contributed by atoms with E-state index in [-0.39, 0.29) is 35.6 Å². The summed E-state index contributed by atoms with van der Waals surface area (Å²) in [7, 11) is 0. The Kier molecular flexibility index (Phi) is 11.0. The molecule has 3 aliphatic rings. The molecule has 0 fully saturated rings. The van der Waals surface area contributed by atoms with Gasteiger partial charge in [-0.1, -0.05) is 83.6 Å². The first-order chi connectivity index (χ1) is 19.3. The fourth-order valence-corrected chi connectivity index (χ4v) is 6.37. The van der Waals surface area contributed by atoms with Crippen LogP contribution >= 0.6 is 0 Å². The summed E-state index contributed by atoms with van der Waals surface area (Å²) in [4.78, 5) is 0. The average molecular weight is 685 g/mol. The Morgan fingerprint density at radius 1 is 0.837 bits per heavy atom. The number of benzene rings is 3. The molecule has 0 bridgehead atoms. The molecule has 43 heavy (non-hydrogen) atoms. The van der Waals surface area contributed by atoms with Crippen LogP contribution in [0.1, 0.15) is 99.9 Å². The number of halogens is 2. The SMILES string of the molecule is CC(C)(C)c1cc[cH-]c1.CC1(C)[C-]=Cc2cc3c(cc21)Cc1cc2c(cc1-3)C=CC2(C)C.C[C](=[Zr+2])c1ccccc1.[Cl-].[Cl-]. The van der Waals surface area contributed by atoms with Crippen molar-refractivity contribution in [3.63, 3.8) is 0 Å². The summed E-state index contributed by atoms with van der Waals surface area (Å²) in [5.41, 5.74) is 14.8. The van der Waals surface area contributed by atoms with Crippen LogP contribution in [0.15, 0.2) is 84.9 Å². The smallest absolute Gasteiger partial charge is 1.00 e. The third kappa shape index (κ3) is 7.56. The van der Waals surface area contributed by atoms with Gasteiger partial charge in [-0.2, -0.15) is 29.3 Å². The van der Waals surface area contributed by atoms with Crippen molar-refractivity contribution in [2.24, 2.45) is 0 Å². The second-order valence-electron chi connectivity index (χ2n) is 13.8. The van der Waals surface area contributed by atoms with E-state index in [2.05, 4.69) is 152 Å². The number of hydrogen-bond donors (Lipinski definition) is 0. The summed E-state index contributed by atoms with van der Waals surface area (Å²) in [5, 5.41) is 0. The van der Waals surface area contributed by atoms with Gasteiger partial charge >= 0.3 is 70.3 Å². The second-order valence-corrected chi connectivity index (χ2v) is 15.6. The van der Waals surface area contributed by atoms with E-state index in [4.69, 9.17) is 0 Å². The maximum atomic E-state index is 3.50. The van der Waals surface area contributed by atoms with Crippen molar-refractivity contribution in [3.05, 3.63) is 136 Å². The van der Waals surface area contributed by atoms with Gasteiger partial charge < -0.3 is 24.8 Å². The zero-order valence-electron chi connectivity index (χ0n) is 26.7. The van der Waals surface area contributed by atoms with Crippen LogP contribution in [0.4, 0.5) is 0 Å². The van der Waals surface area contributed by atoms with E-state index in [0.717, 1.165) is 6.42 Å². The van der Waals surface area contributed by atoms with Crippen molar-refractivity contribution in [3.8, 4) is 11.1 Å². The summed E-state index contributed by atoms with van der Waals surface area (Å²) in [6, 6.07) is 28.6. The zero-order chi connectivity index (χ0) is 29.6. The van der Waals surface area contributed by atoms with Crippen LogP contribution in [0.5, 0.6) is 0 Å². The first-order valence-electron chi connectivity index (χ1n) is 14.7. The minimum atomic E-state index is 0. The Bertz CT molecular complexity index is 1570. The van der Waals surface area contributed by atoms with Crippen molar-refractivity contribution in [1.82, 2.24) is 0 Å². The van der Waals surface area contributed by atoms with Crippen molar-refractivity contribution < 1.29 is 49.0 Å². The Labute approximate surface area is 287 Å². The molecule has 0 N–H and O–H groups in total. The van der Waals surface area contributed by atoms with Crippen LogP contribution in [0.3, 0.4) is 0 Å². The van der Waals surface area contributed by atoms with Gasteiger partial charge in [0.2, 0.25) is 0 Å². The molecule has 3 heteroatoms. The van der Waals surface area contributed by atoms with E-state index < -0.39 is 0 Å². The molecule has 0 spiro atoms. The number of fused-ring (bicyclic) bond motifs is 5.